The van der Waals surface area contributed by atoms with Gasteiger partial charge in [0, 0.05) is 18.3 Å². The molecule has 16 heavy (non-hydrogen) atoms. The topological polar surface area (TPSA) is 29.9 Å². The lowest BCUT2D eigenvalue weighted by Crippen LogP contribution is -2.33. The summed E-state index contributed by atoms with van der Waals surface area (Å²) < 4.78 is 2.00. The number of nitrogens with zero attached hydrogens (tertiary/aromatic N) is 2. The Balaban J connectivity index is 2.00. The molecule has 2 unspecified atom stereocenters. The Kier molecular flexibility index (Phi) is 3.92. The summed E-state index contributed by atoms with van der Waals surface area (Å²) in [4.78, 5) is 0. The summed E-state index contributed by atoms with van der Waals surface area (Å²) in [6, 6.07) is 2.87. The molecule has 1 N–H and O–H groups in total. The highest BCUT2D eigenvalue weighted by molar-refractivity contribution is 7.99. The van der Waals surface area contributed by atoms with Crippen molar-refractivity contribution in [1.29, 1.82) is 0 Å². The largest absolute Gasteiger partial charge is 0.313 e. The zero-order chi connectivity index (χ0) is 11.5. The zero-order valence-electron chi connectivity index (χ0n) is 10.4. The molecule has 2 rings (SSSR count). The maximum Gasteiger partial charge on any atom is 0.0942 e. The van der Waals surface area contributed by atoms with E-state index < -0.39 is 0 Å². The van der Waals surface area contributed by atoms with E-state index in [9.17, 15) is 0 Å². The Morgan fingerprint density at radius 2 is 2.38 bits per heavy atom. The van der Waals surface area contributed by atoms with E-state index in [2.05, 4.69) is 30.3 Å². The number of rotatable bonds is 4. The predicted octanol–water partition coefficient (Wildman–Crippen LogP) is 2.35. The minimum absolute atomic E-state index is 0.685. The van der Waals surface area contributed by atoms with Gasteiger partial charge in [-0.1, -0.05) is 13.3 Å². The van der Waals surface area contributed by atoms with Crippen LogP contribution in [0.3, 0.4) is 0 Å². The third-order valence-electron chi connectivity index (χ3n) is 3.15. The van der Waals surface area contributed by atoms with Gasteiger partial charge < -0.3 is 5.32 Å². The van der Waals surface area contributed by atoms with Gasteiger partial charge in [0.1, 0.15) is 0 Å². The van der Waals surface area contributed by atoms with Crippen LogP contribution in [0.5, 0.6) is 0 Å². The molecule has 0 aromatic carbocycles. The van der Waals surface area contributed by atoms with Gasteiger partial charge in [-0.3, -0.25) is 4.68 Å². The molecular weight excluding hydrogens is 218 g/mol. The van der Waals surface area contributed by atoms with E-state index in [1.165, 1.54) is 24.3 Å². The number of aryl methyl sites for hydroxylation is 2. The molecule has 0 amide bonds. The van der Waals surface area contributed by atoms with Gasteiger partial charge in [-0.25, -0.2) is 0 Å². The van der Waals surface area contributed by atoms with Crippen molar-refractivity contribution in [2.24, 2.45) is 7.05 Å². The van der Waals surface area contributed by atoms with Gasteiger partial charge in [0.05, 0.1) is 10.7 Å². The van der Waals surface area contributed by atoms with E-state index in [0.29, 0.717) is 6.04 Å². The third-order valence-corrected chi connectivity index (χ3v) is 4.64. The van der Waals surface area contributed by atoms with Crippen LogP contribution >= 0.6 is 11.8 Å². The summed E-state index contributed by atoms with van der Waals surface area (Å²) in [5.41, 5.74) is 1.11. The Hall–Kier alpha value is -0.480. The van der Waals surface area contributed by atoms with Crippen molar-refractivity contribution in [2.75, 3.05) is 6.54 Å². The van der Waals surface area contributed by atoms with Crippen molar-refractivity contribution >= 4 is 11.8 Å². The summed E-state index contributed by atoms with van der Waals surface area (Å²) >= 11 is 1.98. The highest BCUT2D eigenvalue weighted by Gasteiger charge is 2.28. The van der Waals surface area contributed by atoms with Crippen molar-refractivity contribution in [1.82, 2.24) is 15.1 Å². The second-order valence-electron chi connectivity index (χ2n) is 4.50. The van der Waals surface area contributed by atoms with Crippen LogP contribution in [0.4, 0.5) is 0 Å². The van der Waals surface area contributed by atoms with Crippen molar-refractivity contribution < 1.29 is 0 Å². The van der Waals surface area contributed by atoms with E-state index in [1.54, 1.807) is 0 Å². The second-order valence-corrected chi connectivity index (χ2v) is 5.76. The zero-order valence-corrected chi connectivity index (χ0v) is 11.2. The predicted molar refractivity (Wildman–Crippen MR) is 68.9 cm³/mol. The molecule has 4 heteroatoms. The Bertz CT molecular complexity index is 348. The smallest absolute Gasteiger partial charge is 0.0942 e. The van der Waals surface area contributed by atoms with E-state index in [-0.39, 0.29) is 0 Å². The first-order valence-electron chi connectivity index (χ1n) is 6.11. The highest BCUT2D eigenvalue weighted by atomic mass is 32.2. The molecule has 0 spiro atoms. The first-order chi connectivity index (χ1) is 7.70. The lowest BCUT2D eigenvalue weighted by atomic mass is 10.2. The Labute approximate surface area is 102 Å². The molecule has 0 bridgehead atoms. The molecule has 0 radical (unpaired) electrons. The summed E-state index contributed by atoms with van der Waals surface area (Å²) in [7, 11) is 2.03. The van der Waals surface area contributed by atoms with E-state index in [1.807, 2.05) is 23.5 Å². The van der Waals surface area contributed by atoms with Gasteiger partial charge in [-0.05, 0) is 32.4 Å². The van der Waals surface area contributed by atoms with Crippen LogP contribution in [0.1, 0.15) is 31.9 Å². The van der Waals surface area contributed by atoms with Crippen LogP contribution in [0.15, 0.2) is 11.1 Å². The molecule has 90 valence electrons. The lowest BCUT2D eigenvalue weighted by molar-refractivity contribution is 0.549. The van der Waals surface area contributed by atoms with Crippen LogP contribution in [-0.4, -0.2) is 27.6 Å². The molecule has 1 aromatic heterocycles. The highest BCUT2D eigenvalue weighted by Crippen LogP contribution is 2.35. The molecule has 1 heterocycles. The number of hydrogen-bond donors (Lipinski definition) is 1. The summed E-state index contributed by atoms with van der Waals surface area (Å²) in [5.74, 6) is 0. The normalized spacial score (nSPS) is 25.2. The van der Waals surface area contributed by atoms with Crippen LogP contribution in [0, 0.1) is 6.92 Å². The van der Waals surface area contributed by atoms with Crippen molar-refractivity contribution in [3.05, 3.63) is 11.8 Å². The first-order valence-corrected chi connectivity index (χ1v) is 6.99. The quantitative estimate of drug-likeness (QED) is 0.874. The van der Waals surface area contributed by atoms with Gasteiger partial charge in [0.15, 0.2) is 0 Å². The van der Waals surface area contributed by atoms with Gasteiger partial charge in [0.25, 0.3) is 0 Å². The van der Waals surface area contributed by atoms with Crippen molar-refractivity contribution in [2.45, 2.75) is 49.4 Å². The number of thioether (sulfide) groups is 1. The van der Waals surface area contributed by atoms with Crippen molar-refractivity contribution in [3.63, 3.8) is 0 Å². The molecule has 1 aromatic rings. The SMILES string of the molecule is CCNC1CCCC1Sc1cc(C)nn1C. The second kappa shape index (κ2) is 5.23. The lowest BCUT2D eigenvalue weighted by Gasteiger charge is -2.19. The minimum atomic E-state index is 0.685. The average molecular weight is 239 g/mol. The summed E-state index contributed by atoms with van der Waals surface area (Å²) in [6.45, 7) is 5.32. The van der Waals surface area contributed by atoms with Crippen LogP contribution < -0.4 is 5.32 Å². The first kappa shape index (κ1) is 12.0. The molecule has 2 atom stereocenters. The van der Waals surface area contributed by atoms with Crippen LogP contribution in [0.2, 0.25) is 0 Å². The maximum atomic E-state index is 4.40. The average Bonchev–Trinajstić information content (AvgIpc) is 2.77. The minimum Gasteiger partial charge on any atom is -0.313 e. The fourth-order valence-corrected chi connectivity index (χ4v) is 3.84. The summed E-state index contributed by atoms with van der Waals surface area (Å²) in [6.07, 6.45) is 4.00. The maximum absolute atomic E-state index is 4.40. The molecule has 1 aliphatic rings. The number of nitrogens with one attached hydrogen (secondary N) is 1. The van der Waals surface area contributed by atoms with Crippen LogP contribution in [-0.2, 0) is 7.05 Å². The number of hydrogen-bond acceptors (Lipinski definition) is 3. The molecule has 0 saturated heterocycles. The van der Waals surface area contributed by atoms with Gasteiger partial charge in [-0.15, -0.1) is 11.8 Å². The van der Waals surface area contributed by atoms with E-state index >= 15 is 0 Å². The third kappa shape index (κ3) is 2.61. The molecular formula is C12H21N3S. The van der Waals surface area contributed by atoms with Gasteiger partial charge >= 0.3 is 0 Å². The molecule has 1 fully saturated rings. The Morgan fingerprint density at radius 1 is 1.56 bits per heavy atom. The monoisotopic (exact) mass is 239 g/mol. The van der Waals surface area contributed by atoms with E-state index in [0.717, 1.165) is 17.5 Å². The molecule has 3 nitrogen and oxygen atoms in total. The van der Waals surface area contributed by atoms with Gasteiger partial charge in [-0.2, -0.15) is 5.10 Å². The van der Waals surface area contributed by atoms with E-state index in [4.69, 9.17) is 0 Å². The molecule has 1 saturated carbocycles. The fraction of sp³-hybridized carbons (Fsp3) is 0.750. The van der Waals surface area contributed by atoms with Crippen molar-refractivity contribution in [3.8, 4) is 0 Å². The molecule has 0 aliphatic heterocycles. The fourth-order valence-electron chi connectivity index (χ4n) is 2.42. The van der Waals surface area contributed by atoms with Gasteiger partial charge in [0.2, 0.25) is 0 Å². The molecule has 1 aliphatic carbocycles. The standard InChI is InChI=1S/C12H21N3S/c1-4-13-10-6-5-7-11(10)16-12-8-9(2)14-15(12)3/h8,10-11,13H,4-7H2,1-3H3. The van der Waals surface area contributed by atoms with Crippen LogP contribution in [0.25, 0.3) is 0 Å². The summed E-state index contributed by atoms with van der Waals surface area (Å²) in [5, 5.41) is 10.0. The number of aromatic nitrogens is 2. The Morgan fingerprint density at radius 3 is 3.00 bits per heavy atom.